The zero-order valence-electron chi connectivity index (χ0n) is 10.9. The molecule has 0 radical (unpaired) electrons. The van der Waals surface area contributed by atoms with Crippen molar-refractivity contribution in [1.29, 1.82) is 0 Å². The standard InChI is InChI=1S/C13H20N4S/c1-2-3-10-18-13-15-14-12(16-8-4-5-9-16)17(13)11-6-7-11/h2-3,11H,4-10H2,1H3/b3-2-. The van der Waals surface area contributed by atoms with Crippen LogP contribution < -0.4 is 4.90 Å². The van der Waals surface area contributed by atoms with Crippen LogP contribution >= 0.6 is 11.8 Å². The maximum absolute atomic E-state index is 4.43. The molecule has 0 spiro atoms. The molecule has 18 heavy (non-hydrogen) atoms. The van der Waals surface area contributed by atoms with Crippen LogP contribution in [0.25, 0.3) is 0 Å². The zero-order chi connectivity index (χ0) is 12.4. The Kier molecular flexibility index (Phi) is 3.59. The second-order valence-corrected chi connectivity index (χ2v) is 5.95. The molecule has 1 aliphatic heterocycles. The second kappa shape index (κ2) is 5.34. The van der Waals surface area contributed by atoms with Gasteiger partial charge in [0.2, 0.25) is 5.95 Å². The fraction of sp³-hybridized carbons (Fsp3) is 0.692. The minimum Gasteiger partial charge on any atom is -0.341 e. The van der Waals surface area contributed by atoms with Crippen LogP contribution in [0.5, 0.6) is 0 Å². The molecule has 1 aromatic rings. The normalized spacial score (nSPS) is 20.2. The van der Waals surface area contributed by atoms with Gasteiger partial charge < -0.3 is 4.90 Å². The third-order valence-corrected chi connectivity index (χ3v) is 4.39. The van der Waals surface area contributed by atoms with E-state index >= 15 is 0 Å². The SMILES string of the molecule is C/C=C\CSc1nnc(N2CCCC2)n1C1CC1. The molecule has 2 fully saturated rings. The minimum absolute atomic E-state index is 0.656. The van der Waals surface area contributed by atoms with Gasteiger partial charge in [-0.3, -0.25) is 4.57 Å². The predicted molar refractivity (Wildman–Crippen MR) is 75.3 cm³/mol. The Hall–Kier alpha value is -0.970. The largest absolute Gasteiger partial charge is 0.341 e. The van der Waals surface area contributed by atoms with Crippen molar-refractivity contribution >= 4 is 17.7 Å². The first-order valence-electron chi connectivity index (χ1n) is 6.84. The van der Waals surface area contributed by atoms with Crippen molar-refractivity contribution < 1.29 is 0 Å². The monoisotopic (exact) mass is 264 g/mol. The van der Waals surface area contributed by atoms with E-state index in [0.717, 1.165) is 29.9 Å². The van der Waals surface area contributed by atoms with Gasteiger partial charge in [-0.15, -0.1) is 10.2 Å². The number of anilines is 1. The summed E-state index contributed by atoms with van der Waals surface area (Å²) < 4.78 is 2.37. The molecule has 1 saturated carbocycles. The third kappa shape index (κ3) is 2.41. The number of aromatic nitrogens is 3. The van der Waals surface area contributed by atoms with Gasteiger partial charge in [-0.1, -0.05) is 23.9 Å². The average Bonchev–Trinajstić information content (AvgIpc) is 2.93. The summed E-state index contributed by atoms with van der Waals surface area (Å²) >= 11 is 1.80. The summed E-state index contributed by atoms with van der Waals surface area (Å²) in [6, 6.07) is 0.656. The van der Waals surface area contributed by atoms with Crippen LogP contribution in [-0.2, 0) is 0 Å². The topological polar surface area (TPSA) is 34.0 Å². The van der Waals surface area contributed by atoms with Gasteiger partial charge >= 0.3 is 0 Å². The lowest BCUT2D eigenvalue weighted by Gasteiger charge is -2.17. The van der Waals surface area contributed by atoms with Crippen LogP contribution in [0.2, 0.25) is 0 Å². The van der Waals surface area contributed by atoms with Gasteiger partial charge in [0.1, 0.15) is 0 Å². The Morgan fingerprint density at radius 1 is 1.28 bits per heavy atom. The van der Waals surface area contributed by atoms with E-state index in [2.05, 4.69) is 38.7 Å². The lowest BCUT2D eigenvalue weighted by molar-refractivity contribution is 0.652. The third-order valence-electron chi connectivity index (χ3n) is 3.49. The summed E-state index contributed by atoms with van der Waals surface area (Å²) in [4.78, 5) is 2.39. The number of hydrogen-bond donors (Lipinski definition) is 0. The maximum atomic E-state index is 4.43. The zero-order valence-corrected chi connectivity index (χ0v) is 11.7. The average molecular weight is 264 g/mol. The van der Waals surface area contributed by atoms with E-state index in [9.17, 15) is 0 Å². The highest BCUT2D eigenvalue weighted by Crippen LogP contribution is 2.41. The van der Waals surface area contributed by atoms with Gasteiger partial charge in [0, 0.05) is 24.9 Å². The van der Waals surface area contributed by atoms with Crippen LogP contribution in [0.1, 0.15) is 38.6 Å². The number of allylic oxidation sites excluding steroid dienone is 1. The highest BCUT2D eigenvalue weighted by Gasteiger charge is 2.32. The van der Waals surface area contributed by atoms with Crippen molar-refractivity contribution in [3.05, 3.63) is 12.2 Å². The van der Waals surface area contributed by atoms with Gasteiger partial charge in [-0.25, -0.2) is 0 Å². The first-order chi connectivity index (χ1) is 8.90. The molecule has 2 aliphatic rings. The molecule has 1 aromatic heterocycles. The molecule has 1 saturated heterocycles. The van der Waals surface area contributed by atoms with E-state index in [-0.39, 0.29) is 0 Å². The van der Waals surface area contributed by atoms with Crippen molar-refractivity contribution in [3.8, 4) is 0 Å². The van der Waals surface area contributed by atoms with Crippen molar-refractivity contribution in [2.45, 2.75) is 43.8 Å². The first-order valence-corrected chi connectivity index (χ1v) is 7.82. The van der Waals surface area contributed by atoms with Crippen molar-refractivity contribution in [2.24, 2.45) is 0 Å². The summed E-state index contributed by atoms with van der Waals surface area (Å²) in [7, 11) is 0. The summed E-state index contributed by atoms with van der Waals surface area (Å²) in [5.74, 6) is 2.10. The van der Waals surface area contributed by atoms with Gasteiger partial charge in [-0.05, 0) is 32.6 Å². The summed E-state index contributed by atoms with van der Waals surface area (Å²) in [5.41, 5.74) is 0. The number of rotatable bonds is 5. The van der Waals surface area contributed by atoms with E-state index in [0.29, 0.717) is 6.04 Å². The smallest absolute Gasteiger partial charge is 0.228 e. The highest BCUT2D eigenvalue weighted by atomic mass is 32.2. The Balaban J connectivity index is 1.80. The van der Waals surface area contributed by atoms with Crippen LogP contribution in [0.4, 0.5) is 5.95 Å². The van der Waals surface area contributed by atoms with Crippen LogP contribution in [-0.4, -0.2) is 33.6 Å². The molecule has 5 heteroatoms. The van der Waals surface area contributed by atoms with Crippen molar-refractivity contribution in [1.82, 2.24) is 14.8 Å². The molecule has 2 heterocycles. The van der Waals surface area contributed by atoms with Crippen LogP contribution in [0.15, 0.2) is 17.3 Å². The van der Waals surface area contributed by atoms with Gasteiger partial charge in [0.05, 0.1) is 0 Å². The molecule has 1 aliphatic carbocycles. The summed E-state index contributed by atoms with van der Waals surface area (Å²) in [6.07, 6.45) is 9.42. The molecule has 3 rings (SSSR count). The number of hydrogen-bond acceptors (Lipinski definition) is 4. The molecular weight excluding hydrogens is 244 g/mol. The highest BCUT2D eigenvalue weighted by molar-refractivity contribution is 7.99. The van der Waals surface area contributed by atoms with E-state index in [4.69, 9.17) is 0 Å². The van der Waals surface area contributed by atoms with E-state index in [1.54, 1.807) is 11.8 Å². The Bertz CT molecular complexity index is 430. The summed E-state index contributed by atoms with van der Waals surface area (Å²) in [5, 5.41) is 9.92. The lowest BCUT2D eigenvalue weighted by Crippen LogP contribution is -2.22. The molecule has 0 aromatic carbocycles. The minimum atomic E-state index is 0.656. The maximum Gasteiger partial charge on any atom is 0.228 e. The Morgan fingerprint density at radius 3 is 2.72 bits per heavy atom. The lowest BCUT2D eigenvalue weighted by atomic mass is 10.4. The molecule has 0 bridgehead atoms. The second-order valence-electron chi connectivity index (χ2n) is 4.96. The van der Waals surface area contributed by atoms with Crippen molar-refractivity contribution in [3.63, 3.8) is 0 Å². The molecule has 0 atom stereocenters. The molecule has 0 amide bonds. The molecule has 0 N–H and O–H groups in total. The predicted octanol–water partition coefficient (Wildman–Crippen LogP) is 2.88. The van der Waals surface area contributed by atoms with E-state index in [1.165, 1.54) is 25.7 Å². The van der Waals surface area contributed by atoms with Gasteiger partial charge in [0.15, 0.2) is 5.16 Å². The van der Waals surface area contributed by atoms with E-state index < -0.39 is 0 Å². The fourth-order valence-electron chi connectivity index (χ4n) is 2.37. The number of thioether (sulfide) groups is 1. The van der Waals surface area contributed by atoms with Crippen LogP contribution in [0.3, 0.4) is 0 Å². The molecule has 0 unspecified atom stereocenters. The van der Waals surface area contributed by atoms with Crippen LogP contribution in [0, 0.1) is 0 Å². The fourth-order valence-corrected chi connectivity index (χ4v) is 3.28. The molecule has 98 valence electrons. The van der Waals surface area contributed by atoms with E-state index in [1.807, 2.05) is 0 Å². The first kappa shape index (κ1) is 12.1. The Morgan fingerprint density at radius 2 is 2.06 bits per heavy atom. The Labute approximate surface area is 112 Å². The summed E-state index contributed by atoms with van der Waals surface area (Å²) in [6.45, 7) is 4.34. The van der Waals surface area contributed by atoms with Gasteiger partial charge in [-0.2, -0.15) is 0 Å². The number of nitrogens with zero attached hydrogens (tertiary/aromatic N) is 4. The van der Waals surface area contributed by atoms with Gasteiger partial charge in [0.25, 0.3) is 0 Å². The van der Waals surface area contributed by atoms with Crippen molar-refractivity contribution in [2.75, 3.05) is 23.7 Å². The molecule has 4 nitrogen and oxygen atoms in total. The quantitative estimate of drug-likeness (QED) is 0.605. The molecular formula is C13H20N4S.